The molecule has 3 heterocycles. The molecule has 8 heteroatoms. The summed E-state index contributed by atoms with van der Waals surface area (Å²) in [7, 11) is 0. The Morgan fingerprint density at radius 1 is 1.25 bits per heavy atom. The number of aromatic nitrogens is 3. The molecule has 1 fully saturated rings. The number of halogens is 1. The molecule has 1 aliphatic heterocycles. The van der Waals surface area contributed by atoms with Crippen LogP contribution in [-0.2, 0) is 4.79 Å². The van der Waals surface area contributed by atoms with Crippen LogP contribution >= 0.6 is 0 Å². The van der Waals surface area contributed by atoms with E-state index in [1.807, 2.05) is 30.0 Å². The van der Waals surface area contributed by atoms with E-state index in [0.29, 0.717) is 43.5 Å². The summed E-state index contributed by atoms with van der Waals surface area (Å²) < 4.78 is 18.9. The number of ether oxygens (including phenoxy) is 1. The van der Waals surface area contributed by atoms with Crippen LogP contribution in [0.15, 0.2) is 36.8 Å². The van der Waals surface area contributed by atoms with Crippen LogP contribution < -0.4 is 15.0 Å². The van der Waals surface area contributed by atoms with Gasteiger partial charge in [0.15, 0.2) is 5.75 Å². The zero-order chi connectivity index (χ0) is 19.9. The van der Waals surface area contributed by atoms with Crippen molar-refractivity contribution in [2.45, 2.75) is 38.9 Å². The lowest BCUT2D eigenvalue weighted by atomic mass is 10.1. The minimum absolute atomic E-state index is 0.0558. The fourth-order valence-electron chi connectivity index (χ4n) is 2.87. The Balaban J connectivity index is 1.55. The summed E-state index contributed by atoms with van der Waals surface area (Å²) in [6.07, 6.45) is 8.93. The Morgan fingerprint density at radius 3 is 2.57 bits per heavy atom. The number of pyridine rings is 1. The summed E-state index contributed by atoms with van der Waals surface area (Å²) >= 11 is 0. The Bertz CT molecular complexity index is 802. The molecule has 0 bridgehead atoms. The molecule has 7 nitrogen and oxygen atoms in total. The predicted molar refractivity (Wildman–Crippen MR) is 105 cm³/mol. The van der Waals surface area contributed by atoms with Gasteiger partial charge in [-0.15, -0.1) is 0 Å². The lowest BCUT2D eigenvalue weighted by molar-refractivity contribution is -0.119. The van der Waals surface area contributed by atoms with Crippen molar-refractivity contribution in [1.82, 2.24) is 20.3 Å². The third-order valence-electron chi connectivity index (χ3n) is 4.31. The summed E-state index contributed by atoms with van der Waals surface area (Å²) in [5.41, 5.74) is 0.896. The van der Waals surface area contributed by atoms with E-state index in [-0.39, 0.29) is 11.9 Å². The van der Waals surface area contributed by atoms with Crippen molar-refractivity contribution in [3.63, 3.8) is 0 Å². The van der Waals surface area contributed by atoms with Gasteiger partial charge in [-0.25, -0.2) is 19.3 Å². The monoisotopic (exact) mass is 385 g/mol. The first-order valence-electron chi connectivity index (χ1n) is 9.30. The second-order valence-electron chi connectivity index (χ2n) is 6.76. The van der Waals surface area contributed by atoms with Crippen molar-refractivity contribution in [3.8, 4) is 11.6 Å². The second kappa shape index (κ2) is 9.25. The van der Waals surface area contributed by atoms with Crippen molar-refractivity contribution in [3.05, 3.63) is 42.4 Å². The molecule has 3 rings (SSSR count). The fourth-order valence-corrected chi connectivity index (χ4v) is 2.87. The third-order valence-corrected chi connectivity index (χ3v) is 4.31. The average molecular weight is 385 g/mol. The van der Waals surface area contributed by atoms with Gasteiger partial charge in [-0.3, -0.25) is 4.79 Å². The molecular weight excluding hydrogens is 361 g/mol. The van der Waals surface area contributed by atoms with Crippen LogP contribution in [-0.4, -0.2) is 46.2 Å². The molecule has 1 amide bonds. The molecule has 0 unspecified atom stereocenters. The second-order valence-corrected chi connectivity index (χ2v) is 6.76. The smallest absolute Gasteiger partial charge is 0.225 e. The fraction of sp³-hybridized carbons (Fsp3) is 0.400. The quantitative estimate of drug-likeness (QED) is 0.823. The van der Waals surface area contributed by atoms with Crippen LogP contribution in [0.25, 0.3) is 6.08 Å². The zero-order valence-electron chi connectivity index (χ0n) is 16.0. The van der Waals surface area contributed by atoms with Gasteiger partial charge in [-0.2, -0.15) is 0 Å². The summed E-state index contributed by atoms with van der Waals surface area (Å²) in [6, 6.07) is 3.57. The van der Waals surface area contributed by atoms with E-state index in [0.717, 1.165) is 5.56 Å². The van der Waals surface area contributed by atoms with Crippen LogP contribution in [0.5, 0.6) is 11.6 Å². The third kappa shape index (κ3) is 5.73. The number of carbonyl (C=O) groups excluding carboxylic acids is 1. The van der Waals surface area contributed by atoms with Crippen molar-refractivity contribution < 1.29 is 13.9 Å². The van der Waals surface area contributed by atoms with Gasteiger partial charge < -0.3 is 15.0 Å². The van der Waals surface area contributed by atoms with Gasteiger partial charge in [-0.1, -0.05) is 12.2 Å². The standard InChI is InChI=1S/C20H24FN5O2/c1-14(25-15(2)27)3-4-16-5-6-19(22-11-16)28-18-12-23-20(24-13-18)26-9-7-17(21)8-10-26/h3-6,11-14,17H,7-10H2,1-2H3,(H,25,27)/b4-3+/t14-/m0/s1. The molecule has 0 aromatic carbocycles. The van der Waals surface area contributed by atoms with E-state index in [1.165, 1.54) is 6.92 Å². The molecule has 28 heavy (non-hydrogen) atoms. The first-order chi connectivity index (χ1) is 13.5. The first-order valence-corrected chi connectivity index (χ1v) is 9.30. The predicted octanol–water partition coefficient (Wildman–Crippen LogP) is 3.14. The number of hydrogen-bond acceptors (Lipinski definition) is 6. The molecule has 2 aromatic heterocycles. The average Bonchev–Trinajstić information content (AvgIpc) is 2.68. The molecule has 0 radical (unpaired) electrons. The molecular formula is C20H24FN5O2. The molecule has 1 N–H and O–H groups in total. The van der Waals surface area contributed by atoms with E-state index < -0.39 is 6.17 Å². The maximum atomic E-state index is 13.2. The zero-order valence-corrected chi connectivity index (χ0v) is 16.0. The lowest BCUT2D eigenvalue weighted by Gasteiger charge is -2.28. The number of rotatable bonds is 6. The van der Waals surface area contributed by atoms with Crippen LogP contribution in [0, 0.1) is 0 Å². The SMILES string of the molecule is CC(=O)N[C@@H](C)/C=C/c1ccc(Oc2cnc(N3CCC(F)CC3)nc2)nc1. The highest BCUT2D eigenvalue weighted by atomic mass is 19.1. The Hall–Kier alpha value is -3.03. The van der Waals surface area contributed by atoms with Crippen LogP contribution in [0.1, 0.15) is 32.3 Å². The number of carbonyl (C=O) groups is 1. The molecule has 0 aliphatic carbocycles. The van der Waals surface area contributed by atoms with E-state index in [4.69, 9.17) is 4.74 Å². The van der Waals surface area contributed by atoms with Gasteiger partial charge in [0, 0.05) is 38.3 Å². The van der Waals surface area contributed by atoms with E-state index in [1.54, 1.807) is 24.7 Å². The molecule has 1 atom stereocenters. The molecule has 1 saturated heterocycles. The highest BCUT2D eigenvalue weighted by Gasteiger charge is 2.20. The minimum Gasteiger partial charge on any atom is -0.436 e. The van der Waals surface area contributed by atoms with Crippen molar-refractivity contribution in [1.29, 1.82) is 0 Å². The summed E-state index contributed by atoms with van der Waals surface area (Å²) in [6.45, 7) is 4.63. The van der Waals surface area contributed by atoms with Crippen molar-refractivity contribution in [2.75, 3.05) is 18.0 Å². The molecule has 148 valence electrons. The highest BCUT2D eigenvalue weighted by Crippen LogP contribution is 2.22. The van der Waals surface area contributed by atoms with Crippen LogP contribution in [0.3, 0.4) is 0 Å². The number of piperidine rings is 1. The molecule has 1 aliphatic rings. The number of hydrogen-bond donors (Lipinski definition) is 1. The first kappa shape index (κ1) is 19.7. The molecule has 0 spiro atoms. The topological polar surface area (TPSA) is 80.2 Å². The van der Waals surface area contributed by atoms with Gasteiger partial charge >= 0.3 is 0 Å². The summed E-state index contributed by atoms with van der Waals surface area (Å²) in [5.74, 6) is 1.43. The van der Waals surface area contributed by atoms with Crippen LogP contribution in [0.2, 0.25) is 0 Å². The van der Waals surface area contributed by atoms with Crippen LogP contribution in [0.4, 0.5) is 10.3 Å². The number of anilines is 1. The van der Waals surface area contributed by atoms with E-state index >= 15 is 0 Å². The minimum atomic E-state index is -0.726. The maximum Gasteiger partial charge on any atom is 0.225 e. The van der Waals surface area contributed by atoms with E-state index in [9.17, 15) is 9.18 Å². The lowest BCUT2D eigenvalue weighted by Crippen LogP contribution is -2.35. The number of nitrogens with zero attached hydrogens (tertiary/aromatic N) is 4. The van der Waals surface area contributed by atoms with Gasteiger partial charge in [0.2, 0.25) is 17.7 Å². The van der Waals surface area contributed by atoms with Crippen molar-refractivity contribution >= 4 is 17.9 Å². The van der Waals surface area contributed by atoms with Gasteiger partial charge in [0.1, 0.15) is 6.17 Å². The van der Waals surface area contributed by atoms with E-state index in [2.05, 4.69) is 20.3 Å². The maximum absolute atomic E-state index is 13.2. The van der Waals surface area contributed by atoms with Gasteiger partial charge in [0.05, 0.1) is 12.4 Å². The molecule has 0 saturated carbocycles. The van der Waals surface area contributed by atoms with Crippen molar-refractivity contribution in [2.24, 2.45) is 0 Å². The van der Waals surface area contributed by atoms with Gasteiger partial charge in [0.25, 0.3) is 0 Å². The Morgan fingerprint density at radius 2 is 1.96 bits per heavy atom. The summed E-state index contributed by atoms with van der Waals surface area (Å²) in [5, 5.41) is 2.78. The number of alkyl halides is 1. The highest BCUT2D eigenvalue weighted by molar-refractivity contribution is 5.73. The largest absolute Gasteiger partial charge is 0.436 e. The van der Waals surface area contributed by atoms with Gasteiger partial charge in [-0.05, 0) is 31.4 Å². The summed E-state index contributed by atoms with van der Waals surface area (Å²) in [4.78, 5) is 25.9. The Labute approximate surface area is 163 Å². The Kier molecular flexibility index (Phi) is 6.52. The normalized spacial score (nSPS) is 16.2. The number of nitrogens with one attached hydrogen (secondary N) is 1. The molecule has 2 aromatic rings. The number of amides is 1.